The average Bonchev–Trinajstić information content (AvgIpc) is 2.66. The van der Waals surface area contributed by atoms with E-state index in [1.807, 2.05) is 19.1 Å². The van der Waals surface area contributed by atoms with Crippen molar-refractivity contribution in [3.8, 4) is 11.5 Å². The topological polar surface area (TPSA) is 124 Å². The summed E-state index contributed by atoms with van der Waals surface area (Å²) in [6.45, 7) is 1.75. The molecule has 2 amide bonds. The molecule has 1 aromatic heterocycles. The Kier molecular flexibility index (Phi) is 5.67. The number of rotatable bonds is 6. The van der Waals surface area contributed by atoms with E-state index in [0.717, 1.165) is 12.0 Å². The fourth-order valence-electron chi connectivity index (χ4n) is 3.35. The third-order valence-electron chi connectivity index (χ3n) is 4.73. The molecule has 0 saturated carbocycles. The zero-order chi connectivity index (χ0) is 20.3. The fraction of sp³-hybridized carbons (Fsp3) is 0.350. The Morgan fingerprint density at radius 3 is 2.79 bits per heavy atom. The number of carbonyl (C=O) groups is 2. The maximum Gasteiger partial charge on any atom is 0.261 e. The van der Waals surface area contributed by atoms with Gasteiger partial charge in [-0.05, 0) is 55.5 Å². The first-order valence-electron chi connectivity index (χ1n) is 9.01. The first kappa shape index (κ1) is 19.5. The van der Waals surface area contributed by atoms with Crippen molar-refractivity contribution < 1.29 is 19.1 Å². The summed E-state index contributed by atoms with van der Waals surface area (Å²) in [5, 5.41) is 2.90. The van der Waals surface area contributed by atoms with Crippen LogP contribution in [0.3, 0.4) is 0 Å². The van der Waals surface area contributed by atoms with Crippen molar-refractivity contribution >= 4 is 11.8 Å². The highest BCUT2D eigenvalue weighted by atomic mass is 16.5. The number of fused-ring (bicyclic) bond motifs is 1. The molecule has 0 fully saturated rings. The number of H-pyrrole nitrogens is 1. The van der Waals surface area contributed by atoms with Crippen molar-refractivity contribution in [3.63, 3.8) is 0 Å². The Hall–Kier alpha value is -3.29. The van der Waals surface area contributed by atoms with Crippen molar-refractivity contribution in [1.82, 2.24) is 10.3 Å². The molecule has 0 bridgehead atoms. The number of aromatic nitrogens is 1. The van der Waals surface area contributed by atoms with E-state index in [0.29, 0.717) is 35.6 Å². The molecule has 0 aliphatic heterocycles. The number of carbonyl (C=O) groups excluding carboxylic acids is 2. The molecule has 1 atom stereocenters. The summed E-state index contributed by atoms with van der Waals surface area (Å²) < 4.78 is 10.9. The number of hydrogen-bond donors (Lipinski definition) is 3. The minimum atomic E-state index is -0.797. The number of hydrogen-bond acceptors (Lipinski definition) is 5. The van der Waals surface area contributed by atoms with Crippen LogP contribution in [0.5, 0.6) is 11.5 Å². The van der Waals surface area contributed by atoms with E-state index in [2.05, 4.69) is 10.3 Å². The minimum absolute atomic E-state index is 0.111. The minimum Gasteiger partial charge on any atom is -0.493 e. The molecular weight excluding hydrogens is 362 g/mol. The van der Waals surface area contributed by atoms with Gasteiger partial charge in [0.1, 0.15) is 5.56 Å². The van der Waals surface area contributed by atoms with Gasteiger partial charge in [-0.25, -0.2) is 0 Å². The predicted molar refractivity (Wildman–Crippen MR) is 103 cm³/mol. The van der Waals surface area contributed by atoms with E-state index < -0.39 is 11.5 Å². The van der Waals surface area contributed by atoms with Gasteiger partial charge >= 0.3 is 0 Å². The van der Waals surface area contributed by atoms with Crippen molar-refractivity contribution in [1.29, 1.82) is 0 Å². The third kappa shape index (κ3) is 4.16. The number of nitrogens with two attached hydrogens (primary N) is 1. The van der Waals surface area contributed by atoms with Gasteiger partial charge in [0, 0.05) is 5.69 Å². The second kappa shape index (κ2) is 8.16. The lowest BCUT2D eigenvalue weighted by molar-refractivity contribution is -0.124. The summed E-state index contributed by atoms with van der Waals surface area (Å²) in [6.07, 6.45) is 2.17. The van der Waals surface area contributed by atoms with Crippen molar-refractivity contribution in [3.05, 3.63) is 57.0 Å². The molecule has 0 spiro atoms. The van der Waals surface area contributed by atoms with Gasteiger partial charge in [-0.2, -0.15) is 0 Å². The van der Waals surface area contributed by atoms with Crippen LogP contribution in [0.15, 0.2) is 29.1 Å². The Labute approximate surface area is 162 Å². The molecule has 8 heteroatoms. The molecule has 148 valence electrons. The van der Waals surface area contributed by atoms with Crippen LogP contribution in [0.2, 0.25) is 0 Å². The lowest BCUT2D eigenvalue weighted by Crippen LogP contribution is -2.36. The smallest absolute Gasteiger partial charge is 0.261 e. The van der Waals surface area contributed by atoms with Gasteiger partial charge < -0.3 is 25.5 Å². The van der Waals surface area contributed by atoms with E-state index in [4.69, 9.17) is 15.2 Å². The van der Waals surface area contributed by atoms with Crippen LogP contribution in [0.25, 0.3) is 0 Å². The normalized spacial score (nSPS) is 15.4. The summed E-state index contributed by atoms with van der Waals surface area (Å²) in [4.78, 5) is 38.5. The molecule has 1 aliphatic carbocycles. The maximum atomic E-state index is 12.4. The highest BCUT2D eigenvalue weighted by Gasteiger charge is 2.25. The molecule has 28 heavy (non-hydrogen) atoms. The number of aromatic amines is 1. The largest absolute Gasteiger partial charge is 0.493 e. The number of primary amides is 1. The Morgan fingerprint density at radius 1 is 1.29 bits per heavy atom. The average molecular weight is 385 g/mol. The van der Waals surface area contributed by atoms with E-state index >= 15 is 0 Å². The summed E-state index contributed by atoms with van der Waals surface area (Å²) in [5.41, 5.74) is 7.09. The monoisotopic (exact) mass is 385 g/mol. The van der Waals surface area contributed by atoms with Crippen molar-refractivity contribution in [2.45, 2.75) is 32.2 Å². The maximum absolute atomic E-state index is 12.4. The number of pyridine rings is 1. The first-order valence-corrected chi connectivity index (χ1v) is 9.01. The predicted octanol–water partition coefficient (Wildman–Crippen LogP) is 1.36. The van der Waals surface area contributed by atoms with E-state index in [-0.39, 0.29) is 24.1 Å². The van der Waals surface area contributed by atoms with Gasteiger partial charge in [-0.1, -0.05) is 6.07 Å². The molecule has 4 N–H and O–H groups in total. The highest BCUT2D eigenvalue weighted by Crippen LogP contribution is 2.29. The number of ether oxygens (including phenoxy) is 2. The van der Waals surface area contributed by atoms with E-state index in [1.54, 1.807) is 6.07 Å². The zero-order valence-electron chi connectivity index (χ0n) is 15.8. The molecular formula is C20H23N3O5. The van der Waals surface area contributed by atoms with Crippen LogP contribution >= 0.6 is 0 Å². The van der Waals surface area contributed by atoms with Gasteiger partial charge in [-0.15, -0.1) is 0 Å². The Balaban J connectivity index is 1.71. The molecule has 1 aliphatic rings. The SMILES string of the molecule is COc1cc(C)ccc1OCC(=O)NC1CCCc2[nH]c(=O)c(C(N)=O)cc21. The van der Waals surface area contributed by atoms with Gasteiger partial charge in [0.25, 0.3) is 17.4 Å². The lowest BCUT2D eigenvalue weighted by Gasteiger charge is -2.26. The molecule has 0 saturated heterocycles. The summed E-state index contributed by atoms with van der Waals surface area (Å²) in [7, 11) is 1.54. The fourth-order valence-corrected chi connectivity index (χ4v) is 3.35. The number of benzene rings is 1. The summed E-state index contributed by atoms with van der Waals surface area (Å²) >= 11 is 0. The quantitative estimate of drug-likeness (QED) is 0.693. The van der Waals surface area contributed by atoms with Gasteiger partial charge in [0.2, 0.25) is 0 Å². The van der Waals surface area contributed by atoms with Gasteiger partial charge in [-0.3, -0.25) is 14.4 Å². The number of methoxy groups -OCH3 is 1. The Bertz CT molecular complexity index is 967. The van der Waals surface area contributed by atoms with Gasteiger partial charge in [0.05, 0.1) is 13.2 Å². The summed E-state index contributed by atoms with van der Waals surface area (Å²) in [5.74, 6) is -0.0751. The van der Waals surface area contributed by atoms with Crippen molar-refractivity contribution in [2.75, 3.05) is 13.7 Å². The highest BCUT2D eigenvalue weighted by molar-refractivity contribution is 5.92. The lowest BCUT2D eigenvalue weighted by atomic mass is 9.90. The molecule has 1 unspecified atom stereocenters. The van der Waals surface area contributed by atoms with E-state index in [1.165, 1.54) is 13.2 Å². The van der Waals surface area contributed by atoms with Crippen LogP contribution in [0.1, 0.15) is 46.1 Å². The molecule has 0 radical (unpaired) electrons. The van der Waals surface area contributed by atoms with Crippen LogP contribution in [0, 0.1) is 6.92 Å². The third-order valence-corrected chi connectivity index (χ3v) is 4.73. The van der Waals surface area contributed by atoms with Crippen LogP contribution in [-0.4, -0.2) is 30.5 Å². The first-order chi connectivity index (χ1) is 13.4. The van der Waals surface area contributed by atoms with Crippen molar-refractivity contribution in [2.24, 2.45) is 5.73 Å². The molecule has 1 heterocycles. The van der Waals surface area contributed by atoms with Crippen LogP contribution < -0.4 is 26.1 Å². The number of amides is 2. The van der Waals surface area contributed by atoms with Gasteiger partial charge in [0.15, 0.2) is 18.1 Å². The zero-order valence-corrected chi connectivity index (χ0v) is 15.8. The second-order valence-corrected chi connectivity index (χ2v) is 6.77. The molecule has 8 nitrogen and oxygen atoms in total. The molecule has 2 aromatic rings. The molecule has 3 rings (SSSR count). The van der Waals surface area contributed by atoms with E-state index in [9.17, 15) is 14.4 Å². The molecule has 1 aromatic carbocycles. The number of aryl methyl sites for hydroxylation is 2. The second-order valence-electron chi connectivity index (χ2n) is 6.77. The summed E-state index contributed by atoms with van der Waals surface area (Å²) in [6, 6.07) is 6.60. The number of nitrogens with one attached hydrogen (secondary N) is 2. The standard InChI is InChI=1S/C20H23N3O5/c1-11-6-7-16(17(8-11)27-2)28-10-18(24)22-14-4-3-5-15-12(14)9-13(19(21)25)20(26)23-15/h6-9,14H,3-5,10H2,1-2H3,(H2,21,25)(H,22,24)(H,23,26). The Morgan fingerprint density at radius 2 is 2.07 bits per heavy atom. The van der Waals surface area contributed by atoms with Crippen LogP contribution in [0.4, 0.5) is 0 Å². The van der Waals surface area contributed by atoms with Crippen LogP contribution in [-0.2, 0) is 11.2 Å².